The van der Waals surface area contributed by atoms with Gasteiger partial charge in [0.15, 0.2) is 0 Å². The first-order valence-corrected chi connectivity index (χ1v) is 5.90. The summed E-state index contributed by atoms with van der Waals surface area (Å²) in [6, 6.07) is 0. The molecule has 1 rings (SSSR count). The van der Waals surface area contributed by atoms with E-state index in [9.17, 15) is 9.59 Å². The van der Waals surface area contributed by atoms with Crippen molar-refractivity contribution in [3.05, 3.63) is 0 Å². The molecular weight excluding hydrogens is 222 g/mol. The number of likely N-dealkylation sites (N-methyl/N-ethyl adjacent to an activating group) is 1. The standard InChI is InChI=1S/C12H21NO4/c1-12(2,3)17-11(15)13(4)7-8-16-10(14)9-5-6-9/h9H,5-8H2,1-4H3. The predicted octanol–water partition coefficient (Wildman–Crippen LogP) is 1.81. The molecule has 0 radical (unpaired) electrons. The largest absolute Gasteiger partial charge is 0.464 e. The molecule has 0 heterocycles. The summed E-state index contributed by atoms with van der Waals surface area (Å²) in [5.74, 6) is -0.0515. The van der Waals surface area contributed by atoms with Crippen molar-refractivity contribution in [3.8, 4) is 0 Å². The summed E-state index contributed by atoms with van der Waals surface area (Å²) >= 11 is 0. The maximum atomic E-state index is 11.5. The zero-order valence-electron chi connectivity index (χ0n) is 11.0. The predicted molar refractivity (Wildman–Crippen MR) is 62.5 cm³/mol. The van der Waals surface area contributed by atoms with Gasteiger partial charge in [0.25, 0.3) is 0 Å². The number of carbonyl (C=O) groups is 2. The second-order valence-corrected chi connectivity index (χ2v) is 5.34. The van der Waals surface area contributed by atoms with Gasteiger partial charge in [0.1, 0.15) is 12.2 Å². The molecule has 0 bridgehead atoms. The minimum absolute atomic E-state index is 0.0989. The van der Waals surface area contributed by atoms with Gasteiger partial charge in [0.2, 0.25) is 0 Å². The molecule has 0 aromatic rings. The van der Waals surface area contributed by atoms with E-state index in [0.29, 0.717) is 6.54 Å². The van der Waals surface area contributed by atoms with Crippen molar-refractivity contribution in [2.75, 3.05) is 20.2 Å². The number of rotatable bonds is 4. The third-order valence-electron chi connectivity index (χ3n) is 2.29. The minimum Gasteiger partial charge on any atom is -0.464 e. The van der Waals surface area contributed by atoms with E-state index in [0.717, 1.165) is 12.8 Å². The Morgan fingerprint density at radius 3 is 2.35 bits per heavy atom. The summed E-state index contributed by atoms with van der Waals surface area (Å²) in [6.07, 6.45) is 1.46. The van der Waals surface area contributed by atoms with Crippen LogP contribution in [0.3, 0.4) is 0 Å². The van der Waals surface area contributed by atoms with Gasteiger partial charge in [-0.2, -0.15) is 0 Å². The number of nitrogens with zero attached hydrogens (tertiary/aromatic N) is 1. The molecule has 0 aromatic heterocycles. The van der Waals surface area contributed by atoms with Crippen LogP contribution < -0.4 is 0 Å². The first-order chi connectivity index (χ1) is 7.79. The molecule has 5 nitrogen and oxygen atoms in total. The van der Waals surface area contributed by atoms with Gasteiger partial charge in [0.05, 0.1) is 12.5 Å². The van der Waals surface area contributed by atoms with Gasteiger partial charge >= 0.3 is 12.1 Å². The number of carbonyl (C=O) groups excluding carboxylic acids is 2. The van der Waals surface area contributed by atoms with Crippen molar-refractivity contribution in [1.29, 1.82) is 0 Å². The first-order valence-electron chi connectivity index (χ1n) is 5.90. The number of hydrogen-bond acceptors (Lipinski definition) is 4. The third-order valence-corrected chi connectivity index (χ3v) is 2.29. The van der Waals surface area contributed by atoms with Crippen molar-refractivity contribution in [2.45, 2.75) is 39.2 Å². The number of esters is 1. The first kappa shape index (κ1) is 13.8. The monoisotopic (exact) mass is 243 g/mol. The van der Waals surface area contributed by atoms with Crippen molar-refractivity contribution in [3.63, 3.8) is 0 Å². The van der Waals surface area contributed by atoms with Crippen LogP contribution in [0.1, 0.15) is 33.6 Å². The van der Waals surface area contributed by atoms with Crippen molar-refractivity contribution >= 4 is 12.1 Å². The van der Waals surface area contributed by atoms with Gasteiger partial charge in [0, 0.05) is 7.05 Å². The average Bonchev–Trinajstić information content (AvgIpc) is 2.97. The Morgan fingerprint density at radius 1 is 1.29 bits per heavy atom. The molecule has 0 atom stereocenters. The topological polar surface area (TPSA) is 55.8 Å². The van der Waals surface area contributed by atoms with E-state index in [-0.39, 0.29) is 18.5 Å². The molecule has 1 fully saturated rings. The van der Waals surface area contributed by atoms with Crippen LogP contribution in [-0.4, -0.2) is 42.8 Å². The van der Waals surface area contributed by atoms with E-state index in [1.165, 1.54) is 4.90 Å². The Balaban J connectivity index is 2.17. The maximum absolute atomic E-state index is 11.5. The summed E-state index contributed by atoms with van der Waals surface area (Å²) in [7, 11) is 1.62. The maximum Gasteiger partial charge on any atom is 0.410 e. The fourth-order valence-electron chi connectivity index (χ4n) is 1.15. The summed E-state index contributed by atoms with van der Waals surface area (Å²) in [5.41, 5.74) is -0.504. The lowest BCUT2D eigenvalue weighted by Gasteiger charge is -2.24. The van der Waals surface area contributed by atoms with Crippen LogP contribution in [0.15, 0.2) is 0 Å². The molecule has 17 heavy (non-hydrogen) atoms. The van der Waals surface area contributed by atoms with Gasteiger partial charge in [-0.05, 0) is 33.6 Å². The van der Waals surface area contributed by atoms with Gasteiger partial charge in [-0.15, -0.1) is 0 Å². The Morgan fingerprint density at radius 2 is 1.88 bits per heavy atom. The summed E-state index contributed by atoms with van der Waals surface area (Å²) < 4.78 is 10.2. The normalized spacial score (nSPS) is 15.3. The van der Waals surface area contributed by atoms with Crippen LogP contribution in [0.5, 0.6) is 0 Å². The van der Waals surface area contributed by atoms with E-state index >= 15 is 0 Å². The number of hydrogen-bond donors (Lipinski definition) is 0. The van der Waals surface area contributed by atoms with Crippen LogP contribution in [-0.2, 0) is 14.3 Å². The molecule has 0 unspecified atom stereocenters. The second kappa shape index (κ2) is 5.38. The molecule has 1 saturated carbocycles. The van der Waals surface area contributed by atoms with E-state index in [4.69, 9.17) is 9.47 Å². The molecular formula is C12H21NO4. The highest BCUT2D eigenvalue weighted by atomic mass is 16.6. The molecule has 0 saturated heterocycles. The molecule has 1 aliphatic rings. The molecule has 0 spiro atoms. The molecule has 0 N–H and O–H groups in total. The van der Waals surface area contributed by atoms with Crippen LogP contribution >= 0.6 is 0 Å². The van der Waals surface area contributed by atoms with E-state index in [1.54, 1.807) is 7.05 Å². The van der Waals surface area contributed by atoms with Crippen LogP contribution in [0.25, 0.3) is 0 Å². The smallest absolute Gasteiger partial charge is 0.410 e. The number of ether oxygens (including phenoxy) is 2. The van der Waals surface area contributed by atoms with Gasteiger partial charge < -0.3 is 14.4 Å². The van der Waals surface area contributed by atoms with Gasteiger partial charge in [-0.3, -0.25) is 4.79 Å². The quantitative estimate of drug-likeness (QED) is 0.706. The van der Waals surface area contributed by atoms with Crippen molar-refractivity contribution in [2.24, 2.45) is 5.92 Å². The molecule has 0 aromatic carbocycles. The highest BCUT2D eigenvalue weighted by molar-refractivity contribution is 5.75. The lowest BCUT2D eigenvalue weighted by atomic mass is 10.2. The second-order valence-electron chi connectivity index (χ2n) is 5.34. The highest BCUT2D eigenvalue weighted by Crippen LogP contribution is 2.29. The fourth-order valence-corrected chi connectivity index (χ4v) is 1.15. The SMILES string of the molecule is CN(CCOC(=O)C1CC1)C(=O)OC(C)(C)C. The van der Waals surface area contributed by atoms with Crippen LogP contribution in [0.4, 0.5) is 4.79 Å². The zero-order chi connectivity index (χ0) is 13.1. The fraction of sp³-hybridized carbons (Fsp3) is 0.833. The van der Waals surface area contributed by atoms with E-state index in [2.05, 4.69) is 0 Å². The molecule has 1 aliphatic carbocycles. The molecule has 5 heteroatoms. The summed E-state index contributed by atoms with van der Waals surface area (Å²) in [4.78, 5) is 24.2. The Labute approximate surface area is 102 Å². The third kappa shape index (κ3) is 5.56. The van der Waals surface area contributed by atoms with E-state index in [1.807, 2.05) is 20.8 Å². The van der Waals surface area contributed by atoms with Gasteiger partial charge in [-0.25, -0.2) is 4.79 Å². The molecule has 1 amide bonds. The van der Waals surface area contributed by atoms with E-state index < -0.39 is 11.7 Å². The average molecular weight is 243 g/mol. The van der Waals surface area contributed by atoms with Crippen LogP contribution in [0.2, 0.25) is 0 Å². The van der Waals surface area contributed by atoms with Gasteiger partial charge in [-0.1, -0.05) is 0 Å². The van der Waals surface area contributed by atoms with Crippen molar-refractivity contribution < 1.29 is 19.1 Å². The Kier molecular flexibility index (Phi) is 4.37. The van der Waals surface area contributed by atoms with Crippen molar-refractivity contribution in [1.82, 2.24) is 4.90 Å². The zero-order valence-corrected chi connectivity index (χ0v) is 11.0. The highest BCUT2D eigenvalue weighted by Gasteiger charge is 2.31. The van der Waals surface area contributed by atoms with Crippen LogP contribution in [0, 0.1) is 5.92 Å². The minimum atomic E-state index is -0.504. The lowest BCUT2D eigenvalue weighted by molar-refractivity contribution is -0.145. The summed E-state index contributed by atoms with van der Waals surface area (Å²) in [5, 5.41) is 0. The Hall–Kier alpha value is -1.26. The molecule has 98 valence electrons. The lowest BCUT2D eigenvalue weighted by Crippen LogP contribution is -2.36. The molecule has 0 aliphatic heterocycles. The Bertz CT molecular complexity index is 291. The summed E-state index contributed by atoms with van der Waals surface area (Å²) in [6.45, 7) is 6.02. The number of amides is 1.